The van der Waals surface area contributed by atoms with Gasteiger partial charge < -0.3 is 19.7 Å². The molecular formula is C34H30N2O4. The lowest BCUT2D eigenvalue weighted by Gasteiger charge is -2.21. The van der Waals surface area contributed by atoms with Crippen molar-refractivity contribution >= 4 is 39.8 Å². The summed E-state index contributed by atoms with van der Waals surface area (Å²) < 4.78 is 11.9. The van der Waals surface area contributed by atoms with Crippen LogP contribution in [0.5, 0.6) is 11.5 Å². The van der Waals surface area contributed by atoms with Crippen LogP contribution in [0.4, 0.5) is 17.1 Å². The number of carbonyl (C=O) groups excluding carboxylic acids is 2. The van der Waals surface area contributed by atoms with Gasteiger partial charge in [-0.25, -0.2) is 9.59 Å². The molecule has 6 nitrogen and oxygen atoms in total. The lowest BCUT2D eigenvalue weighted by atomic mass is 10.1. The molecule has 0 saturated carbocycles. The van der Waals surface area contributed by atoms with E-state index in [4.69, 9.17) is 9.47 Å². The van der Waals surface area contributed by atoms with Gasteiger partial charge in [0.2, 0.25) is 0 Å². The average molecular weight is 531 g/mol. The van der Waals surface area contributed by atoms with Crippen LogP contribution in [0.2, 0.25) is 0 Å². The molecule has 0 atom stereocenters. The fourth-order valence-corrected chi connectivity index (χ4v) is 4.56. The van der Waals surface area contributed by atoms with Crippen molar-refractivity contribution in [3.63, 3.8) is 0 Å². The van der Waals surface area contributed by atoms with Crippen LogP contribution in [0.15, 0.2) is 115 Å². The van der Waals surface area contributed by atoms with E-state index < -0.39 is 11.9 Å². The molecule has 0 aliphatic rings. The predicted molar refractivity (Wildman–Crippen MR) is 160 cm³/mol. The molecule has 0 amide bonds. The van der Waals surface area contributed by atoms with Crippen LogP contribution >= 0.6 is 0 Å². The molecule has 5 rings (SSSR count). The molecule has 0 aliphatic heterocycles. The van der Waals surface area contributed by atoms with Gasteiger partial charge in [0, 0.05) is 41.3 Å². The zero-order chi connectivity index (χ0) is 27.9. The maximum Gasteiger partial charge on any atom is 0.343 e. The highest BCUT2D eigenvalue weighted by Crippen LogP contribution is 2.42. The van der Waals surface area contributed by atoms with Crippen molar-refractivity contribution < 1.29 is 19.1 Å². The Bertz CT molecular complexity index is 1610. The van der Waals surface area contributed by atoms with Crippen LogP contribution in [-0.4, -0.2) is 25.0 Å². The summed E-state index contributed by atoms with van der Waals surface area (Å²) in [5.41, 5.74) is 3.27. The Kier molecular flexibility index (Phi) is 8.07. The van der Waals surface area contributed by atoms with E-state index in [1.54, 1.807) is 54.6 Å². The molecule has 40 heavy (non-hydrogen) atoms. The fraction of sp³-hybridized carbons (Fsp3) is 0.118. The number of hydrogen-bond acceptors (Lipinski definition) is 6. The monoisotopic (exact) mass is 530 g/mol. The molecule has 0 unspecified atom stereocenters. The Balaban J connectivity index is 1.58. The molecule has 6 heteroatoms. The van der Waals surface area contributed by atoms with Gasteiger partial charge in [-0.05, 0) is 62.4 Å². The SMILES string of the molecule is CCN(CC)c1ccc(Nc2cc(OC(=O)c3ccccc3)c3ccccc3c2OC(=O)c2ccccc2)cc1. The van der Waals surface area contributed by atoms with Crippen molar-refractivity contribution in [3.8, 4) is 11.5 Å². The first-order valence-electron chi connectivity index (χ1n) is 13.3. The van der Waals surface area contributed by atoms with Gasteiger partial charge >= 0.3 is 11.9 Å². The largest absolute Gasteiger partial charge is 0.422 e. The van der Waals surface area contributed by atoms with Gasteiger partial charge in [0.25, 0.3) is 0 Å². The zero-order valence-corrected chi connectivity index (χ0v) is 22.5. The molecule has 0 bridgehead atoms. The number of ether oxygens (including phenoxy) is 2. The minimum atomic E-state index is -0.486. The summed E-state index contributed by atoms with van der Waals surface area (Å²) >= 11 is 0. The summed E-state index contributed by atoms with van der Waals surface area (Å²) in [6, 6.07) is 34.8. The molecule has 0 saturated heterocycles. The van der Waals surface area contributed by atoms with Gasteiger partial charge in [0.1, 0.15) is 5.75 Å². The minimum Gasteiger partial charge on any atom is -0.422 e. The summed E-state index contributed by atoms with van der Waals surface area (Å²) in [5, 5.41) is 4.67. The van der Waals surface area contributed by atoms with Gasteiger partial charge in [0.15, 0.2) is 5.75 Å². The van der Waals surface area contributed by atoms with Crippen molar-refractivity contribution in [3.05, 3.63) is 126 Å². The number of hydrogen-bond donors (Lipinski definition) is 1. The molecule has 0 spiro atoms. The molecule has 200 valence electrons. The number of rotatable bonds is 9. The van der Waals surface area contributed by atoms with E-state index in [1.165, 1.54) is 0 Å². The number of nitrogens with one attached hydrogen (secondary N) is 1. The van der Waals surface area contributed by atoms with Crippen LogP contribution in [-0.2, 0) is 0 Å². The van der Waals surface area contributed by atoms with Gasteiger partial charge in [-0.2, -0.15) is 0 Å². The lowest BCUT2D eigenvalue weighted by Crippen LogP contribution is -2.21. The highest BCUT2D eigenvalue weighted by atomic mass is 16.5. The summed E-state index contributed by atoms with van der Waals surface area (Å²) in [7, 11) is 0. The van der Waals surface area contributed by atoms with E-state index in [0.29, 0.717) is 39.1 Å². The maximum atomic E-state index is 13.2. The highest BCUT2D eigenvalue weighted by Gasteiger charge is 2.20. The zero-order valence-electron chi connectivity index (χ0n) is 22.5. The molecule has 0 fully saturated rings. The molecule has 0 heterocycles. The van der Waals surface area contributed by atoms with Crippen molar-refractivity contribution in [2.24, 2.45) is 0 Å². The van der Waals surface area contributed by atoms with E-state index in [1.807, 2.05) is 60.7 Å². The average Bonchev–Trinajstić information content (AvgIpc) is 3.01. The van der Waals surface area contributed by atoms with E-state index in [9.17, 15) is 9.59 Å². The van der Waals surface area contributed by atoms with E-state index in [0.717, 1.165) is 24.5 Å². The normalized spacial score (nSPS) is 10.7. The predicted octanol–water partition coefficient (Wildman–Crippen LogP) is 7.87. The van der Waals surface area contributed by atoms with Crippen LogP contribution in [0.25, 0.3) is 10.8 Å². The van der Waals surface area contributed by atoms with E-state index in [2.05, 4.69) is 24.1 Å². The quantitative estimate of drug-likeness (QED) is 0.155. The maximum absolute atomic E-state index is 13.2. The first-order chi connectivity index (χ1) is 19.6. The van der Waals surface area contributed by atoms with Gasteiger partial charge in [-0.3, -0.25) is 0 Å². The Hall–Kier alpha value is -5.10. The molecular weight excluding hydrogens is 500 g/mol. The number of nitrogens with zero attached hydrogens (tertiary/aromatic N) is 1. The third kappa shape index (κ3) is 5.81. The van der Waals surface area contributed by atoms with Crippen molar-refractivity contribution in [2.75, 3.05) is 23.3 Å². The Morgan fingerprint density at radius 2 is 1.18 bits per heavy atom. The summed E-state index contributed by atoms with van der Waals surface area (Å²) in [5.74, 6) is -0.267. The first kappa shape index (κ1) is 26.5. The molecule has 1 N–H and O–H groups in total. The van der Waals surface area contributed by atoms with E-state index in [-0.39, 0.29) is 0 Å². The lowest BCUT2D eigenvalue weighted by molar-refractivity contribution is 0.0724. The van der Waals surface area contributed by atoms with Crippen LogP contribution in [0, 0.1) is 0 Å². The first-order valence-corrected chi connectivity index (χ1v) is 13.3. The van der Waals surface area contributed by atoms with E-state index >= 15 is 0 Å². The molecule has 0 aliphatic carbocycles. The van der Waals surface area contributed by atoms with Crippen LogP contribution in [0.3, 0.4) is 0 Å². The second-order valence-electron chi connectivity index (χ2n) is 9.15. The number of fused-ring (bicyclic) bond motifs is 1. The van der Waals surface area contributed by atoms with Crippen molar-refractivity contribution in [1.29, 1.82) is 0 Å². The summed E-state index contributed by atoms with van der Waals surface area (Å²) in [4.78, 5) is 28.4. The van der Waals surface area contributed by atoms with Crippen molar-refractivity contribution in [1.82, 2.24) is 0 Å². The smallest absolute Gasteiger partial charge is 0.343 e. The van der Waals surface area contributed by atoms with Crippen molar-refractivity contribution in [2.45, 2.75) is 13.8 Å². The van der Waals surface area contributed by atoms with Crippen LogP contribution in [0.1, 0.15) is 34.6 Å². The number of benzene rings is 5. The Labute approximate surface area is 233 Å². The second kappa shape index (κ2) is 12.2. The number of carbonyl (C=O) groups is 2. The standard InChI is InChI=1S/C34H30N2O4/c1-3-36(4-2)27-21-19-26(20-22-27)35-30-23-31(39-33(37)24-13-7-5-8-14-24)28-17-11-12-18-29(28)32(30)40-34(38)25-15-9-6-10-16-25/h5-23,35H,3-4H2,1-2H3. The third-order valence-corrected chi connectivity index (χ3v) is 6.65. The van der Waals surface area contributed by atoms with Gasteiger partial charge in [0.05, 0.1) is 16.8 Å². The molecule has 5 aromatic carbocycles. The van der Waals surface area contributed by atoms with Gasteiger partial charge in [-0.1, -0.05) is 60.7 Å². The Morgan fingerprint density at radius 1 is 0.650 bits per heavy atom. The minimum absolute atomic E-state index is 0.344. The van der Waals surface area contributed by atoms with Gasteiger partial charge in [-0.15, -0.1) is 0 Å². The molecule has 0 radical (unpaired) electrons. The second-order valence-corrected chi connectivity index (χ2v) is 9.15. The molecule has 5 aromatic rings. The third-order valence-electron chi connectivity index (χ3n) is 6.65. The number of esters is 2. The fourth-order valence-electron chi connectivity index (χ4n) is 4.56. The Morgan fingerprint density at radius 3 is 1.75 bits per heavy atom. The topological polar surface area (TPSA) is 67.9 Å². The summed E-state index contributed by atoms with van der Waals surface area (Å²) in [6.07, 6.45) is 0. The van der Waals surface area contributed by atoms with Crippen LogP contribution < -0.4 is 19.7 Å². The highest BCUT2D eigenvalue weighted by molar-refractivity contribution is 6.04. The number of anilines is 3. The molecule has 0 aromatic heterocycles. The summed E-state index contributed by atoms with van der Waals surface area (Å²) in [6.45, 7) is 6.06.